The number of aliphatic hydroxyl groups is 1. The lowest BCUT2D eigenvalue weighted by molar-refractivity contribution is -0.132. The predicted octanol–water partition coefficient (Wildman–Crippen LogP) is 7.47. The van der Waals surface area contributed by atoms with Crippen molar-refractivity contribution in [3.63, 3.8) is 0 Å². The molecule has 37 heavy (non-hydrogen) atoms. The van der Waals surface area contributed by atoms with Gasteiger partial charge in [-0.2, -0.15) is 0 Å². The number of anilines is 1. The van der Waals surface area contributed by atoms with Crippen molar-refractivity contribution in [2.45, 2.75) is 52.5 Å². The van der Waals surface area contributed by atoms with E-state index < -0.39 is 17.7 Å². The average Bonchev–Trinajstić information content (AvgIpc) is 3.14. The van der Waals surface area contributed by atoms with Gasteiger partial charge in [0.05, 0.1) is 18.2 Å². The Morgan fingerprint density at radius 3 is 2.35 bits per heavy atom. The Bertz CT molecular complexity index is 1370. The monoisotopic (exact) mass is 561 g/mol. The van der Waals surface area contributed by atoms with Crippen molar-refractivity contribution in [3.05, 3.63) is 99.0 Å². The van der Waals surface area contributed by atoms with E-state index in [4.69, 9.17) is 4.74 Å². The second-order valence-electron chi connectivity index (χ2n) is 10.4. The van der Waals surface area contributed by atoms with E-state index in [-0.39, 0.29) is 16.7 Å². The predicted molar refractivity (Wildman–Crippen MR) is 151 cm³/mol. The van der Waals surface area contributed by atoms with E-state index in [2.05, 4.69) is 36.7 Å². The molecular weight excluding hydrogens is 530 g/mol. The molecule has 1 aliphatic rings. The molecule has 1 aliphatic heterocycles. The minimum atomic E-state index is -0.792. The molecule has 0 aliphatic carbocycles. The van der Waals surface area contributed by atoms with Crippen molar-refractivity contribution in [1.82, 2.24) is 0 Å². The molecule has 1 N–H and O–H groups in total. The molecule has 5 nitrogen and oxygen atoms in total. The molecular formula is C31H32BrNO4. The first-order chi connectivity index (χ1) is 17.5. The van der Waals surface area contributed by atoms with Crippen molar-refractivity contribution in [2.24, 2.45) is 0 Å². The van der Waals surface area contributed by atoms with Crippen LogP contribution in [0.5, 0.6) is 5.75 Å². The average molecular weight is 563 g/mol. The molecule has 0 bridgehead atoms. The number of carbonyl (C=O) groups excluding carboxylic acids is 2. The Kier molecular flexibility index (Phi) is 7.60. The summed E-state index contributed by atoms with van der Waals surface area (Å²) in [7, 11) is 0. The van der Waals surface area contributed by atoms with Crippen LogP contribution in [0.25, 0.3) is 5.76 Å². The van der Waals surface area contributed by atoms with E-state index >= 15 is 0 Å². The first kappa shape index (κ1) is 26.7. The molecule has 192 valence electrons. The fraction of sp³-hybridized carbons (Fsp3) is 0.290. The first-order valence-electron chi connectivity index (χ1n) is 12.4. The van der Waals surface area contributed by atoms with Crippen LogP contribution in [0.1, 0.15) is 62.4 Å². The number of carbonyl (C=O) groups is 2. The van der Waals surface area contributed by atoms with Crippen molar-refractivity contribution in [1.29, 1.82) is 0 Å². The highest BCUT2D eigenvalue weighted by molar-refractivity contribution is 9.10. The summed E-state index contributed by atoms with van der Waals surface area (Å²) in [5, 5.41) is 11.4. The summed E-state index contributed by atoms with van der Waals surface area (Å²) >= 11 is 3.48. The summed E-state index contributed by atoms with van der Waals surface area (Å²) < 4.78 is 6.68. The van der Waals surface area contributed by atoms with Crippen LogP contribution < -0.4 is 9.64 Å². The number of amides is 1. The van der Waals surface area contributed by atoms with Crippen LogP contribution in [0.2, 0.25) is 0 Å². The number of ether oxygens (including phenoxy) is 1. The second-order valence-corrected chi connectivity index (χ2v) is 11.2. The van der Waals surface area contributed by atoms with Crippen LogP contribution >= 0.6 is 15.9 Å². The number of Topliss-reactive ketones (excluding diaryl/α,β-unsaturated/α-hetero) is 1. The molecule has 1 fully saturated rings. The zero-order chi connectivity index (χ0) is 26.9. The highest BCUT2D eigenvalue weighted by atomic mass is 79.9. The van der Waals surface area contributed by atoms with Crippen LogP contribution in [-0.2, 0) is 15.0 Å². The molecule has 1 heterocycles. The molecule has 1 unspecified atom stereocenters. The Balaban J connectivity index is 1.90. The SMILES string of the molecule is CCCOc1cccc(N2C(=O)C(=O)/C(=C(/O)c3ccc(Br)c(C)c3)C2c2ccc(C(C)(C)C)cc2)c1. The smallest absolute Gasteiger partial charge is 0.300 e. The molecule has 0 radical (unpaired) electrons. The van der Waals surface area contributed by atoms with Gasteiger partial charge in [0.1, 0.15) is 11.5 Å². The van der Waals surface area contributed by atoms with E-state index in [0.717, 1.165) is 27.6 Å². The quantitative estimate of drug-likeness (QED) is 0.192. The molecule has 3 aromatic rings. The van der Waals surface area contributed by atoms with Gasteiger partial charge in [0.25, 0.3) is 11.7 Å². The maximum absolute atomic E-state index is 13.5. The zero-order valence-corrected chi connectivity index (χ0v) is 23.4. The van der Waals surface area contributed by atoms with Gasteiger partial charge in [-0.05, 0) is 59.7 Å². The minimum Gasteiger partial charge on any atom is -0.507 e. The Morgan fingerprint density at radius 1 is 1.03 bits per heavy atom. The maximum Gasteiger partial charge on any atom is 0.300 e. The molecule has 6 heteroatoms. The van der Waals surface area contributed by atoms with Crippen LogP contribution in [0.15, 0.2) is 76.8 Å². The number of aliphatic hydroxyl groups excluding tert-OH is 1. The Morgan fingerprint density at radius 2 is 1.73 bits per heavy atom. The van der Waals surface area contributed by atoms with Crippen molar-refractivity contribution in [2.75, 3.05) is 11.5 Å². The highest BCUT2D eigenvalue weighted by Crippen LogP contribution is 2.43. The number of nitrogens with zero attached hydrogens (tertiary/aromatic N) is 1. The van der Waals surface area contributed by atoms with Gasteiger partial charge in [-0.25, -0.2) is 0 Å². The van der Waals surface area contributed by atoms with Crippen molar-refractivity contribution < 1.29 is 19.4 Å². The summed E-state index contributed by atoms with van der Waals surface area (Å²) in [5.74, 6) is -0.984. The van der Waals surface area contributed by atoms with E-state index in [1.807, 2.05) is 50.2 Å². The highest BCUT2D eigenvalue weighted by Gasteiger charge is 2.47. The van der Waals surface area contributed by atoms with Crippen LogP contribution in [0.4, 0.5) is 5.69 Å². The molecule has 0 spiro atoms. The van der Waals surface area contributed by atoms with Crippen molar-refractivity contribution in [3.8, 4) is 5.75 Å². The Labute approximate surface area is 226 Å². The van der Waals surface area contributed by atoms with Crippen LogP contribution in [-0.4, -0.2) is 23.4 Å². The van der Waals surface area contributed by atoms with Gasteiger partial charge in [0.2, 0.25) is 0 Å². The van der Waals surface area contributed by atoms with Crippen LogP contribution in [0.3, 0.4) is 0 Å². The Hall–Kier alpha value is -3.38. The number of rotatable bonds is 6. The van der Waals surface area contributed by atoms with Gasteiger partial charge < -0.3 is 9.84 Å². The maximum atomic E-state index is 13.5. The van der Waals surface area contributed by atoms with E-state index in [1.54, 1.807) is 30.3 Å². The first-order valence-corrected chi connectivity index (χ1v) is 13.2. The number of hydrogen-bond acceptors (Lipinski definition) is 4. The molecule has 0 aromatic heterocycles. The van der Waals surface area contributed by atoms with Gasteiger partial charge in [-0.1, -0.05) is 80.0 Å². The fourth-order valence-corrected chi connectivity index (χ4v) is 4.72. The van der Waals surface area contributed by atoms with E-state index in [0.29, 0.717) is 23.6 Å². The topological polar surface area (TPSA) is 66.8 Å². The standard InChI is InChI=1S/C31H32BrNO4/c1-6-16-37-24-9-7-8-23(18-24)33-27(20-10-13-22(14-11-20)31(3,4)5)26(29(35)30(33)36)28(34)21-12-15-25(32)19(2)17-21/h7-15,17-18,27,34H,6,16H2,1-5H3/b28-26+. The van der Waals surface area contributed by atoms with E-state index in [1.165, 1.54) is 4.90 Å². The number of hydrogen-bond donors (Lipinski definition) is 1. The summed E-state index contributed by atoms with van der Waals surface area (Å²) in [5.41, 5.74) is 3.80. The molecule has 0 saturated carbocycles. The summed E-state index contributed by atoms with van der Waals surface area (Å²) in [6.45, 7) is 10.9. The zero-order valence-electron chi connectivity index (χ0n) is 21.8. The summed E-state index contributed by atoms with van der Waals surface area (Å²) in [6.07, 6.45) is 0.849. The van der Waals surface area contributed by atoms with Gasteiger partial charge in [0.15, 0.2) is 0 Å². The second kappa shape index (κ2) is 10.5. The van der Waals surface area contributed by atoms with Crippen LogP contribution in [0, 0.1) is 6.92 Å². The number of aryl methyl sites for hydroxylation is 1. The third-order valence-corrected chi connectivity index (χ3v) is 7.43. The number of benzene rings is 3. The van der Waals surface area contributed by atoms with Gasteiger partial charge in [0, 0.05) is 21.8 Å². The molecule has 3 aromatic carbocycles. The minimum absolute atomic E-state index is 0.0553. The lowest BCUT2D eigenvalue weighted by atomic mass is 9.85. The lowest BCUT2D eigenvalue weighted by Gasteiger charge is -2.27. The summed E-state index contributed by atoms with van der Waals surface area (Å²) in [6, 6.07) is 19.6. The van der Waals surface area contributed by atoms with Gasteiger partial charge >= 0.3 is 0 Å². The van der Waals surface area contributed by atoms with Crippen molar-refractivity contribution >= 4 is 39.1 Å². The van der Waals surface area contributed by atoms with Gasteiger partial charge in [-0.15, -0.1) is 0 Å². The summed E-state index contributed by atoms with van der Waals surface area (Å²) in [4.78, 5) is 28.4. The molecule has 1 amide bonds. The fourth-order valence-electron chi connectivity index (χ4n) is 4.47. The van der Waals surface area contributed by atoms with Gasteiger partial charge in [-0.3, -0.25) is 14.5 Å². The third-order valence-electron chi connectivity index (χ3n) is 6.54. The number of ketones is 1. The third kappa shape index (κ3) is 5.35. The molecule has 4 rings (SSSR count). The van der Waals surface area contributed by atoms with E-state index in [9.17, 15) is 14.7 Å². The lowest BCUT2D eigenvalue weighted by Crippen LogP contribution is -2.29. The normalized spacial score (nSPS) is 17.4. The molecule has 1 atom stereocenters. The largest absolute Gasteiger partial charge is 0.507 e. The molecule has 1 saturated heterocycles. The number of halogens is 1.